The lowest BCUT2D eigenvalue weighted by Crippen LogP contribution is -2.43. The lowest BCUT2D eigenvalue weighted by molar-refractivity contribution is -0.141. The Kier molecular flexibility index (Phi) is 5.74. The van der Waals surface area contributed by atoms with Crippen molar-refractivity contribution in [3.05, 3.63) is 11.6 Å². The summed E-state index contributed by atoms with van der Waals surface area (Å²) < 4.78 is 11.2. The molecule has 0 saturated heterocycles. The third-order valence-electron chi connectivity index (χ3n) is 3.64. The third kappa shape index (κ3) is 6.00. The molecule has 0 aromatic heterocycles. The Balaban J connectivity index is 2.88. The van der Waals surface area contributed by atoms with E-state index in [0.29, 0.717) is 13.0 Å². The summed E-state index contributed by atoms with van der Waals surface area (Å²) in [6, 6.07) is 0. The first kappa shape index (κ1) is 17.9. The molecule has 1 aliphatic rings. The van der Waals surface area contributed by atoms with Crippen LogP contribution in [0.2, 0.25) is 0 Å². The van der Waals surface area contributed by atoms with Gasteiger partial charge in [-0.25, -0.2) is 0 Å². The predicted molar refractivity (Wildman–Crippen MR) is 82.0 cm³/mol. The molecular formula is C17H28O4. The van der Waals surface area contributed by atoms with Gasteiger partial charge >= 0.3 is 5.97 Å². The summed E-state index contributed by atoms with van der Waals surface area (Å²) in [6.07, 6.45) is 4.03. The maximum atomic E-state index is 11.6. The molecule has 120 valence electrons. The number of hydrogen-bond acceptors (Lipinski definition) is 4. The van der Waals surface area contributed by atoms with E-state index in [1.54, 1.807) is 6.92 Å². The van der Waals surface area contributed by atoms with Crippen molar-refractivity contribution in [3.63, 3.8) is 0 Å². The summed E-state index contributed by atoms with van der Waals surface area (Å²) >= 11 is 0. The van der Waals surface area contributed by atoms with Crippen molar-refractivity contribution in [2.75, 3.05) is 6.61 Å². The summed E-state index contributed by atoms with van der Waals surface area (Å²) in [6.45, 7) is 11.5. The number of Topliss-reactive ketones (excluding diaryl/α,β-unsaturated/α-hetero) is 1. The minimum Gasteiger partial charge on any atom is -0.461 e. The van der Waals surface area contributed by atoms with Crippen LogP contribution in [0.5, 0.6) is 0 Å². The number of rotatable bonds is 5. The molecule has 0 saturated carbocycles. The van der Waals surface area contributed by atoms with Crippen LogP contribution >= 0.6 is 0 Å². The molecule has 0 aromatic carbocycles. The lowest BCUT2D eigenvalue weighted by Gasteiger charge is -2.43. The highest BCUT2D eigenvalue weighted by molar-refractivity contribution is 5.76. The first-order valence-electron chi connectivity index (χ1n) is 7.50. The van der Waals surface area contributed by atoms with Crippen LogP contribution in [0.3, 0.4) is 0 Å². The van der Waals surface area contributed by atoms with Crippen LogP contribution in [-0.4, -0.2) is 30.1 Å². The highest BCUT2D eigenvalue weighted by atomic mass is 16.5. The topological polar surface area (TPSA) is 52.6 Å². The smallest absolute Gasteiger partial charge is 0.302 e. The summed E-state index contributed by atoms with van der Waals surface area (Å²) in [5.74, 6) is -0.119. The van der Waals surface area contributed by atoms with Crippen LogP contribution in [0.15, 0.2) is 11.6 Å². The van der Waals surface area contributed by atoms with Crippen molar-refractivity contribution in [1.82, 2.24) is 0 Å². The normalized spacial score (nSPS) is 26.2. The Hall–Kier alpha value is -1.16. The number of carbonyl (C=O) groups is 2. The van der Waals surface area contributed by atoms with Crippen LogP contribution in [0, 0.1) is 5.41 Å². The molecule has 0 bridgehead atoms. The number of ketones is 1. The zero-order valence-corrected chi connectivity index (χ0v) is 14.1. The Morgan fingerprint density at radius 3 is 2.43 bits per heavy atom. The maximum Gasteiger partial charge on any atom is 0.302 e. The average molecular weight is 296 g/mol. The average Bonchev–Trinajstić information content (AvgIpc) is 2.27. The van der Waals surface area contributed by atoms with Crippen LogP contribution in [-0.2, 0) is 19.1 Å². The zero-order chi connectivity index (χ0) is 16.3. The first-order chi connectivity index (χ1) is 9.52. The zero-order valence-electron chi connectivity index (χ0n) is 14.1. The van der Waals surface area contributed by atoms with Crippen LogP contribution < -0.4 is 0 Å². The summed E-state index contributed by atoms with van der Waals surface area (Å²) in [4.78, 5) is 22.6. The van der Waals surface area contributed by atoms with Gasteiger partial charge in [0.1, 0.15) is 12.4 Å². The SMILES string of the molecule is CC(=O)C[C@]1(C)CC(COC(C)=O)=CC[C@@H]1OC(C)(C)C. The molecule has 0 fully saturated rings. The van der Waals surface area contributed by atoms with Crippen molar-refractivity contribution < 1.29 is 19.1 Å². The molecule has 0 N–H and O–H groups in total. The Morgan fingerprint density at radius 2 is 1.95 bits per heavy atom. The van der Waals surface area contributed by atoms with E-state index < -0.39 is 0 Å². The number of carbonyl (C=O) groups excluding carboxylic acids is 2. The van der Waals surface area contributed by atoms with E-state index >= 15 is 0 Å². The summed E-state index contributed by atoms with van der Waals surface area (Å²) in [5, 5.41) is 0. The number of hydrogen-bond donors (Lipinski definition) is 0. The largest absolute Gasteiger partial charge is 0.461 e. The van der Waals surface area contributed by atoms with Gasteiger partial charge in [0.25, 0.3) is 0 Å². The van der Waals surface area contributed by atoms with Gasteiger partial charge in [-0.2, -0.15) is 0 Å². The third-order valence-corrected chi connectivity index (χ3v) is 3.64. The van der Waals surface area contributed by atoms with E-state index in [9.17, 15) is 9.59 Å². The van der Waals surface area contributed by atoms with E-state index in [0.717, 1.165) is 18.4 Å². The lowest BCUT2D eigenvalue weighted by atomic mass is 9.70. The summed E-state index contributed by atoms with van der Waals surface area (Å²) in [5.41, 5.74) is 0.579. The Labute approximate surface area is 127 Å². The molecule has 21 heavy (non-hydrogen) atoms. The van der Waals surface area contributed by atoms with Crippen LogP contribution in [0.25, 0.3) is 0 Å². The van der Waals surface area contributed by atoms with Gasteiger partial charge < -0.3 is 14.3 Å². The second-order valence-electron chi connectivity index (χ2n) is 7.31. The minimum absolute atomic E-state index is 0.00229. The molecule has 4 heteroatoms. The number of ether oxygens (including phenoxy) is 2. The second-order valence-corrected chi connectivity index (χ2v) is 7.31. The summed E-state index contributed by atoms with van der Waals surface area (Å²) in [7, 11) is 0. The highest BCUT2D eigenvalue weighted by Crippen LogP contribution is 2.42. The fraction of sp³-hybridized carbons (Fsp3) is 0.765. The highest BCUT2D eigenvalue weighted by Gasteiger charge is 2.40. The van der Waals surface area contributed by atoms with Crippen molar-refractivity contribution in [2.24, 2.45) is 5.41 Å². The monoisotopic (exact) mass is 296 g/mol. The van der Waals surface area contributed by atoms with Gasteiger partial charge in [-0.05, 0) is 46.1 Å². The minimum atomic E-state index is -0.280. The molecule has 0 unspecified atom stereocenters. The quantitative estimate of drug-likeness (QED) is 0.576. The standard InChI is InChI=1S/C17H28O4/c1-12(18)9-17(6)10-14(11-20-13(2)19)7-8-15(17)21-16(3,4)5/h7,15H,8-11H2,1-6H3/t15-,17+/m0/s1. The number of esters is 1. The van der Waals surface area contributed by atoms with Gasteiger partial charge in [0.05, 0.1) is 11.7 Å². The molecule has 0 heterocycles. The fourth-order valence-electron chi connectivity index (χ4n) is 2.93. The van der Waals surface area contributed by atoms with Crippen molar-refractivity contribution >= 4 is 11.8 Å². The van der Waals surface area contributed by atoms with Gasteiger partial charge in [-0.15, -0.1) is 0 Å². The van der Waals surface area contributed by atoms with E-state index in [1.807, 2.05) is 20.8 Å². The van der Waals surface area contributed by atoms with Gasteiger partial charge in [0.15, 0.2) is 0 Å². The molecular weight excluding hydrogens is 268 g/mol. The molecule has 1 rings (SSSR count). The second kappa shape index (κ2) is 6.73. The first-order valence-corrected chi connectivity index (χ1v) is 7.50. The molecule has 0 aliphatic heterocycles. The molecule has 0 spiro atoms. The van der Waals surface area contributed by atoms with Gasteiger partial charge in [0.2, 0.25) is 0 Å². The molecule has 1 aliphatic carbocycles. The molecule has 0 aromatic rings. The molecule has 4 nitrogen and oxygen atoms in total. The van der Waals surface area contributed by atoms with Gasteiger partial charge in [0, 0.05) is 18.8 Å². The molecule has 0 radical (unpaired) electrons. The van der Waals surface area contributed by atoms with Gasteiger partial charge in [-0.3, -0.25) is 4.79 Å². The van der Waals surface area contributed by atoms with E-state index in [4.69, 9.17) is 9.47 Å². The van der Waals surface area contributed by atoms with Crippen LogP contribution in [0.1, 0.15) is 60.8 Å². The molecule has 0 amide bonds. The van der Waals surface area contributed by atoms with Crippen molar-refractivity contribution in [3.8, 4) is 0 Å². The fourth-order valence-corrected chi connectivity index (χ4v) is 2.93. The van der Waals surface area contributed by atoms with Gasteiger partial charge in [-0.1, -0.05) is 13.0 Å². The van der Waals surface area contributed by atoms with Crippen molar-refractivity contribution in [1.29, 1.82) is 0 Å². The Morgan fingerprint density at radius 1 is 1.33 bits per heavy atom. The van der Waals surface area contributed by atoms with E-state index in [1.165, 1.54) is 6.92 Å². The Bertz CT molecular complexity index is 431. The van der Waals surface area contributed by atoms with E-state index in [-0.39, 0.29) is 28.9 Å². The van der Waals surface area contributed by atoms with E-state index in [2.05, 4.69) is 13.0 Å². The maximum absolute atomic E-state index is 11.6. The van der Waals surface area contributed by atoms with Crippen LogP contribution in [0.4, 0.5) is 0 Å². The predicted octanol–water partition coefficient (Wildman–Crippen LogP) is 3.44. The molecule has 2 atom stereocenters. The van der Waals surface area contributed by atoms with Crippen molar-refractivity contribution in [2.45, 2.75) is 72.5 Å².